The number of carbonyl (C=O) groups is 2. The second kappa shape index (κ2) is 6.85. The molecule has 0 aliphatic carbocycles. The summed E-state index contributed by atoms with van der Waals surface area (Å²) in [6.45, 7) is 3.27. The lowest BCUT2D eigenvalue weighted by atomic mass is 10.1. The molecule has 5 nitrogen and oxygen atoms in total. The summed E-state index contributed by atoms with van der Waals surface area (Å²) in [5, 5.41) is 13.5. The molecule has 0 aromatic carbocycles. The quantitative estimate of drug-likeness (QED) is 0.855. The molecule has 2 unspecified atom stereocenters. The summed E-state index contributed by atoms with van der Waals surface area (Å²) in [5.74, 6) is 0.131. The standard InChI is InChI=1S/C14H20N2O3S/c1-10(15-13(18)12-3-2-8-20-12)14(19)16-6-4-11(9-16)5-7-17/h2-3,8,10-11,17H,4-7,9H2,1H3,(H,15,18). The van der Waals surface area contributed by atoms with Gasteiger partial charge in [0.2, 0.25) is 5.91 Å². The molecule has 2 heterocycles. The number of likely N-dealkylation sites (tertiary alicyclic amines) is 1. The van der Waals surface area contributed by atoms with Crippen LogP contribution in [0.4, 0.5) is 0 Å². The third-order valence-electron chi connectivity index (χ3n) is 3.60. The molecule has 110 valence electrons. The lowest BCUT2D eigenvalue weighted by Crippen LogP contribution is -2.46. The highest BCUT2D eigenvalue weighted by Gasteiger charge is 2.29. The number of nitrogens with one attached hydrogen (secondary N) is 1. The van der Waals surface area contributed by atoms with Gasteiger partial charge in [-0.25, -0.2) is 0 Å². The topological polar surface area (TPSA) is 69.6 Å². The molecule has 2 N–H and O–H groups in total. The first-order valence-electron chi connectivity index (χ1n) is 6.86. The van der Waals surface area contributed by atoms with Gasteiger partial charge < -0.3 is 15.3 Å². The van der Waals surface area contributed by atoms with Crippen molar-refractivity contribution >= 4 is 23.2 Å². The summed E-state index contributed by atoms with van der Waals surface area (Å²) in [6, 6.07) is 3.04. The number of thiophene rings is 1. The van der Waals surface area contributed by atoms with E-state index in [0.29, 0.717) is 23.9 Å². The zero-order chi connectivity index (χ0) is 14.5. The van der Waals surface area contributed by atoms with Crippen LogP contribution >= 0.6 is 11.3 Å². The average molecular weight is 296 g/mol. The summed E-state index contributed by atoms with van der Waals surface area (Å²) >= 11 is 1.36. The van der Waals surface area contributed by atoms with Gasteiger partial charge >= 0.3 is 0 Å². The Balaban J connectivity index is 1.85. The van der Waals surface area contributed by atoms with E-state index in [0.717, 1.165) is 12.8 Å². The van der Waals surface area contributed by atoms with E-state index >= 15 is 0 Å². The maximum absolute atomic E-state index is 12.3. The molecule has 0 spiro atoms. The fourth-order valence-corrected chi connectivity index (χ4v) is 3.09. The first-order chi connectivity index (χ1) is 9.61. The van der Waals surface area contributed by atoms with Crippen molar-refractivity contribution in [2.75, 3.05) is 19.7 Å². The van der Waals surface area contributed by atoms with Crippen LogP contribution in [0.3, 0.4) is 0 Å². The Labute approximate surface area is 122 Å². The van der Waals surface area contributed by atoms with Gasteiger partial charge in [0.1, 0.15) is 6.04 Å². The average Bonchev–Trinajstić information content (AvgIpc) is 3.09. The van der Waals surface area contributed by atoms with Crippen LogP contribution in [-0.4, -0.2) is 47.6 Å². The summed E-state index contributed by atoms with van der Waals surface area (Å²) in [7, 11) is 0. The number of amides is 2. The molecule has 0 saturated carbocycles. The molecule has 0 bridgehead atoms. The van der Waals surface area contributed by atoms with Crippen molar-refractivity contribution in [3.05, 3.63) is 22.4 Å². The van der Waals surface area contributed by atoms with Gasteiger partial charge in [0, 0.05) is 19.7 Å². The predicted octanol–water partition coefficient (Wildman–Crippen LogP) is 1.10. The van der Waals surface area contributed by atoms with Crippen LogP contribution in [0.25, 0.3) is 0 Å². The van der Waals surface area contributed by atoms with Crippen LogP contribution < -0.4 is 5.32 Å². The molecule has 2 atom stereocenters. The normalized spacial score (nSPS) is 19.9. The van der Waals surface area contributed by atoms with Crippen molar-refractivity contribution in [1.82, 2.24) is 10.2 Å². The van der Waals surface area contributed by atoms with Gasteiger partial charge in [0.25, 0.3) is 5.91 Å². The monoisotopic (exact) mass is 296 g/mol. The smallest absolute Gasteiger partial charge is 0.261 e. The Kier molecular flexibility index (Phi) is 5.14. The number of hydrogen-bond donors (Lipinski definition) is 2. The Morgan fingerprint density at radius 1 is 1.60 bits per heavy atom. The van der Waals surface area contributed by atoms with Crippen molar-refractivity contribution in [2.24, 2.45) is 5.92 Å². The molecule has 1 aromatic rings. The van der Waals surface area contributed by atoms with Crippen molar-refractivity contribution in [3.63, 3.8) is 0 Å². The van der Waals surface area contributed by atoms with Gasteiger partial charge in [0.05, 0.1) is 4.88 Å². The zero-order valence-corrected chi connectivity index (χ0v) is 12.4. The number of nitrogens with zero attached hydrogens (tertiary/aromatic N) is 1. The number of rotatable bonds is 5. The Morgan fingerprint density at radius 3 is 3.05 bits per heavy atom. The molecular weight excluding hydrogens is 276 g/mol. The molecule has 1 aromatic heterocycles. The Morgan fingerprint density at radius 2 is 2.40 bits per heavy atom. The maximum Gasteiger partial charge on any atom is 0.261 e. The van der Waals surface area contributed by atoms with E-state index in [-0.39, 0.29) is 18.4 Å². The van der Waals surface area contributed by atoms with Crippen molar-refractivity contribution in [2.45, 2.75) is 25.8 Å². The first-order valence-corrected chi connectivity index (χ1v) is 7.73. The van der Waals surface area contributed by atoms with Crippen LogP contribution in [0.2, 0.25) is 0 Å². The third-order valence-corrected chi connectivity index (χ3v) is 4.47. The molecule has 1 aliphatic rings. The van der Waals surface area contributed by atoms with Gasteiger partial charge in [-0.05, 0) is 37.1 Å². The highest BCUT2D eigenvalue weighted by atomic mass is 32.1. The van der Waals surface area contributed by atoms with E-state index < -0.39 is 6.04 Å². The SMILES string of the molecule is CC(NC(=O)c1cccs1)C(=O)N1CCC(CCO)C1. The van der Waals surface area contributed by atoms with E-state index in [1.54, 1.807) is 17.9 Å². The molecule has 2 rings (SSSR count). The second-order valence-corrected chi connectivity index (χ2v) is 6.07. The molecule has 1 saturated heterocycles. The van der Waals surface area contributed by atoms with Gasteiger partial charge in [-0.15, -0.1) is 11.3 Å². The van der Waals surface area contributed by atoms with Gasteiger partial charge in [-0.3, -0.25) is 9.59 Å². The third kappa shape index (κ3) is 3.58. The fraction of sp³-hybridized carbons (Fsp3) is 0.571. The van der Waals surface area contributed by atoms with E-state index in [1.807, 2.05) is 11.4 Å². The molecule has 1 fully saturated rings. The van der Waals surface area contributed by atoms with E-state index in [2.05, 4.69) is 5.32 Å². The lowest BCUT2D eigenvalue weighted by molar-refractivity contribution is -0.131. The van der Waals surface area contributed by atoms with Gasteiger partial charge in [0.15, 0.2) is 0 Å². The van der Waals surface area contributed by atoms with E-state index in [1.165, 1.54) is 11.3 Å². The highest BCUT2D eigenvalue weighted by molar-refractivity contribution is 7.12. The fourth-order valence-electron chi connectivity index (χ4n) is 2.46. The summed E-state index contributed by atoms with van der Waals surface area (Å²) in [4.78, 5) is 26.5. The number of carbonyl (C=O) groups excluding carboxylic acids is 2. The first kappa shape index (κ1) is 15.0. The Bertz CT molecular complexity index is 461. The molecule has 20 heavy (non-hydrogen) atoms. The van der Waals surface area contributed by atoms with E-state index in [4.69, 9.17) is 5.11 Å². The predicted molar refractivity (Wildman–Crippen MR) is 77.6 cm³/mol. The minimum Gasteiger partial charge on any atom is -0.396 e. The van der Waals surface area contributed by atoms with Gasteiger partial charge in [-0.1, -0.05) is 6.07 Å². The summed E-state index contributed by atoms with van der Waals surface area (Å²) in [5.41, 5.74) is 0. The van der Waals surface area contributed by atoms with Crippen LogP contribution in [0.5, 0.6) is 0 Å². The Hall–Kier alpha value is -1.40. The lowest BCUT2D eigenvalue weighted by Gasteiger charge is -2.21. The van der Waals surface area contributed by atoms with Crippen molar-refractivity contribution in [3.8, 4) is 0 Å². The van der Waals surface area contributed by atoms with Gasteiger partial charge in [-0.2, -0.15) is 0 Å². The summed E-state index contributed by atoms with van der Waals surface area (Å²) in [6.07, 6.45) is 1.66. The number of hydrogen-bond acceptors (Lipinski definition) is 4. The number of aliphatic hydroxyl groups excluding tert-OH is 1. The van der Waals surface area contributed by atoms with Crippen LogP contribution in [-0.2, 0) is 4.79 Å². The summed E-state index contributed by atoms with van der Waals surface area (Å²) < 4.78 is 0. The van der Waals surface area contributed by atoms with Crippen molar-refractivity contribution in [1.29, 1.82) is 0 Å². The van der Waals surface area contributed by atoms with E-state index in [9.17, 15) is 9.59 Å². The maximum atomic E-state index is 12.3. The molecular formula is C14H20N2O3S. The van der Waals surface area contributed by atoms with Crippen molar-refractivity contribution < 1.29 is 14.7 Å². The zero-order valence-electron chi connectivity index (χ0n) is 11.5. The minimum atomic E-state index is -0.516. The van der Waals surface area contributed by atoms with Crippen LogP contribution in [0, 0.1) is 5.92 Å². The second-order valence-electron chi connectivity index (χ2n) is 5.12. The molecule has 2 amide bonds. The minimum absolute atomic E-state index is 0.0460. The largest absolute Gasteiger partial charge is 0.396 e. The van der Waals surface area contributed by atoms with Crippen LogP contribution in [0.15, 0.2) is 17.5 Å². The highest BCUT2D eigenvalue weighted by Crippen LogP contribution is 2.20. The number of aliphatic hydroxyl groups is 1. The molecule has 1 aliphatic heterocycles. The molecule has 0 radical (unpaired) electrons. The van der Waals surface area contributed by atoms with Crippen LogP contribution in [0.1, 0.15) is 29.4 Å². The molecule has 6 heteroatoms.